The quantitative estimate of drug-likeness (QED) is 0.489. The van der Waals surface area contributed by atoms with Crippen molar-refractivity contribution in [1.29, 1.82) is 0 Å². The summed E-state index contributed by atoms with van der Waals surface area (Å²) in [6.45, 7) is 0. The fourth-order valence-corrected chi connectivity index (χ4v) is 5.30. The molecule has 0 radical (unpaired) electrons. The number of carbonyl (C=O) groups excluding carboxylic acids is 1. The number of carbonyl (C=O) groups is 1. The van der Waals surface area contributed by atoms with Crippen LogP contribution < -0.4 is 0 Å². The van der Waals surface area contributed by atoms with Crippen molar-refractivity contribution in [1.82, 2.24) is 24.5 Å². The molecular weight excluding hydrogens is 404 g/mol. The predicted molar refractivity (Wildman–Crippen MR) is 107 cm³/mol. The molecule has 1 amide bonds. The third kappa shape index (κ3) is 2.83. The Bertz CT molecular complexity index is 1300. The Labute approximate surface area is 175 Å². The number of nitrogens with zero attached hydrogens (tertiary/aromatic N) is 5. The van der Waals surface area contributed by atoms with Crippen molar-refractivity contribution in [3.63, 3.8) is 0 Å². The van der Waals surface area contributed by atoms with Gasteiger partial charge in [0, 0.05) is 29.0 Å². The number of hydrogen-bond donors (Lipinski definition) is 0. The van der Waals surface area contributed by atoms with E-state index < -0.39 is 6.43 Å². The van der Waals surface area contributed by atoms with Crippen LogP contribution in [-0.2, 0) is 0 Å². The number of hydrogen-bond acceptors (Lipinski definition) is 5. The van der Waals surface area contributed by atoms with Crippen molar-refractivity contribution in [3.05, 3.63) is 59.9 Å². The van der Waals surface area contributed by atoms with E-state index in [1.165, 1.54) is 16.9 Å². The first kappa shape index (κ1) is 18.4. The van der Waals surface area contributed by atoms with Crippen LogP contribution in [-0.4, -0.2) is 42.5 Å². The van der Waals surface area contributed by atoms with Gasteiger partial charge in [0.05, 0.1) is 12.0 Å². The fourth-order valence-electron chi connectivity index (χ4n) is 5.30. The minimum Gasteiger partial charge on any atom is -0.464 e. The number of rotatable bonds is 3. The second-order valence-corrected chi connectivity index (χ2v) is 8.25. The molecule has 2 aliphatic rings. The molecule has 1 aromatic carbocycles. The van der Waals surface area contributed by atoms with Crippen LogP contribution in [0.1, 0.15) is 59.8 Å². The van der Waals surface area contributed by atoms with Crippen molar-refractivity contribution in [2.24, 2.45) is 0 Å². The molecule has 2 saturated heterocycles. The summed E-state index contributed by atoms with van der Waals surface area (Å²) >= 11 is 0. The summed E-state index contributed by atoms with van der Waals surface area (Å²) in [6, 6.07) is 8.79. The van der Waals surface area contributed by atoms with Crippen LogP contribution in [0.2, 0.25) is 0 Å². The van der Waals surface area contributed by atoms with Crippen molar-refractivity contribution < 1.29 is 18.0 Å². The van der Waals surface area contributed by atoms with Gasteiger partial charge in [-0.15, -0.1) is 0 Å². The summed E-state index contributed by atoms with van der Waals surface area (Å²) in [7, 11) is 0. The largest absolute Gasteiger partial charge is 0.464 e. The molecule has 0 saturated carbocycles. The van der Waals surface area contributed by atoms with Gasteiger partial charge in [-0.25, -0.2) is 18.3 Å². The molecule has 4 aromatic rings. The third-order valence-electron chi connectivity index (χ3n) is 6.66. The lowest BCUT2D eigenvalue weighted by molar-refractivity contribution is 0.0554. The monoisotopic (exact) mass is 423 g/mol. The Morgan fingerprint density at radius 1 is 1.13 bits per heavy atom. The molecule has 2 bridgehead atoms. The third-order valence-corrected chi connectivity index (χ3v) is 6.66. The highest BCUT2D eigenvalue weighted by Crippen LogP contribution is 2.45. The second-order valence-electron chi connectivity index (χ2n) is 8.25. The first-order valence-electron chi connectivity index (χ1n) is 10.4. The van der Waals surface area contributed by atoms with E-state index in [2.05, 4.69) is 15.1 Å². The Kier molecular flexibility index (Phi) is 4.06. The second kappa shape index (κ2) is 6.83. The Balaban J connectivity index is 1.40. The van der Waals surface area contributed by atoms with Crippen molar-refractivity contribution in [3.8, 4) is 0 Å². The van der Waals surface area contributed by atoms with Crippen LogP contribution in [0.5, 0.6) is 0 Å². The molecule has 9 heteroatoms. The van der Waals surface area contributed by atoms with E-state index in [1.807, 2.05) is 23.1 Å². The van der Waals surface area contributed by atoms with Gasteiger partial charge >= 0.3 is 0 Å². The normalized spacial score (nSPS) is 23.3. The van der Waals surface area contributed by atoms with Crippen LogP contribution in [0.3, 0.4) is 0 Å². The summed E-state index contributed by atoms with van der Waals surface area (Å²) < 4.78 is 33.9. The van der Waals surface area contributed by atoms with Gasteiger partial charge < -0.3 is 9.32 Å². The number of alkyl halides is 2. The molecule has 31 heavy (non-hydrogen) atoms. The molecule has 3 aromatic heterocycles. The summed E-state index contributed by atoms with van der Waals surface area (Å²) in [5.41, 5.74) is 1.69. The lowest BCUT2D eigenvalue weighted by Gasteiger charge is -2.40. The molecule has 3 atom stereocenters. The number of furan rings is 1. The predicted octanol–water partition coefficient (Wildman–Crippen LogP) is 4.36. The van der Waals surface area contributed by atoms with Gasteiger partial charge in [0.1, 0.15) is 17.6 Å². The maximum atomic E-state index is 13.5. The van der Waals surface area contributed by atoms with Crippen molar-refractivity contribution >= 4 is 22.7 Å². The van der Waals surface area contributed by atoms with Crippen LogP contribution >= 0.6 is 0 Å². The van der Waals surface area contributed by atoms with E-state index in [-0.39, 0.29) is 35.4 Å². The van der Waals surface area contributed by atoms with Crippen molar-refractivity contribution in [2.75, 3.05) is 0 Å². The van der Waals surface area contributed by atoms with Crippen molar-refractivity contribution in [2.45, 2.75) is 50.1 Å². The molecule has 0 N–H and O–H groups in total. The fraction of sp³-hybridized carbons (Fsp3) is 0.364. The van der Waals surface area contributed by atoms with E-state index in [1.54, 1.807) is 12.3 Å². The van der Waals surface area contributed by atoms with E-state index in [0.29, 0.717) is 11.3 Å². The van der Waals surface area contributed by atoms with Crippen LogP contribution in [0.4, 0.5) is 8.78 Å². The van der Waals surface area contributed by atoms with Gasteiger partial charge in [-0.2, -0.15) is 10.1 Å². The highest BCUT2D eigenvalue weighted by molar-refractivity contribution is 5.98. The number of fused-ring (bicyclic) bond motifs is 4. The lowest BCUT2D eigenvalue weighted by atomic mass is 9.86. The van der Waals surface area contributed by atoms with Crippen LogP contribution in [0.25, 0.3) is 16.7 Å². The molecule has 2 aliphatic heterocycles. The summed E-state index contributed by atoms with van der Waals surface area (Å²) in [6.07, 6.45) is 3.60. The van der Waals surface area contributed by atoms with Gasteiger partial charge in [-0.1, -0.05) is 0 Å². The summed E-state index contributed by atoms with van der Waals surface area (Å²) in [5, 5.41) is 5.10. The molecule has 3 unspecified atom stereocenters. The number of benzene rings is 1. The highest BCUT2D eigenvalue weighted by atomic mass is 19.3. The zero-order chi connectivity index (χ0) is 21.1. The van der Waals surface area contributed by atoms with Gasteiger partial charge in [0.15, 0.2) is 0 Å². The highest BCUT2D eigenvalue weighted by Gasteiger charge is 2.46. The molecule has 6 rings (SSSR count). The molecular formula is C22H19F2N5O2. The first-order valence-corrected chi connectivity index (χ1v) is 10.4. The molecule has 7 nitrogen and oxygen atoms in total. The summed E-state index contributed by atoms with van der Waals surface area (Å²) in [5.74, 6) is 0.0273. The minimum atomic E-state index is -2.69. The number of aromatic nitrogens is 4. The van der Waals surface area contributed by atoms with Crippen LogP contribution in [0, 0.1) is 0 Å². The minimum absolute atomic E-state index is 0.0294. The van der Waals surface area contributed by atoms with Gasteiger partial charge in [0.2, 0.25) is 0 Å². The topological polar surface area (TPSA) is 76.5 Å². The Morgan fingerprint density at radius 3 is 2.87 bits per heavy atom. The Hall–Kier alpha value is -3.36. The zero-order valence-corrected chi connectivity index (χ0v) is 16.5. The molecule has 0 aliphatic carbocycles. The van der Waals surface area contributed by atoms with Gasteiger partial charge in [-0.05, 0) is 56.0 Å². The molecule has 158 valence electrons. The van der Waals surface area contributed by atoms with E-state index >= 15 is 0 Å². The molecule has 0 spiro atoms. The number of halogens is 2. The maximum Gasteiger partial charge on any atom is 0.280 e. The first-order chi connectivity index (χ1) is 15.1. The Morgan fingerprint density at radius 2 is 2.00 bits per heavy atom. The van der Waals surface area contributed by atoms with Gasteiger partial charge in [0.25, 0.3) is 18.1 Å². The summed E-state index contributed by atoms with van der Waals surface area (Å²) in [4.78, 5) is 23.4. The lowest BCUT2D eigenvalue weighted by Crippen LogP contribution is -2.47. The van der Waals surface area contributed by atoms with Gasteiger partial charge in [-0.3, -0.25) is 4.79 Å². The van der Waals surface area contributed by atoms with E-state index in [9.17, 15) is 13.6 Å². The van der Waals surface area contributed by atoms with E-state index in [4.69, 9.17) is 4.42 Å². The molecule has 2 fully saturated rings. The average Bonchev–Trinajstić information content (AvgIpc) is 3.50. The number of piperidine rings is 1. The average molecular weight is 423 g/mol. The maximum absolute atomic E-state index is 13.5. The standard InChI is InChI=1S/C22H19F2N5O2/c23-20(24)16-10-18(29-22(27-16)25-11-26-29)15-4-2-14-3-5-17(15)28(14)21(30)13-1-6-19-12(9-13)7-8-31-19/h1,6-11,14-15,17,20H,2-5H2. The smallest absolute Gasteiger partial charge is 0.280 e. The molecule has 5 heterocycles. The number of amides is 1. The van der Waals surface area contributed by atoms with E-state index in [0.717, 1.165) is 36.7 Å². The zero-order valence-electron chi connectivity index (χ0n) is 16.5. The van der Waals surface area contributed by atoms with Crippen LogP contribution in [0.15, 0.2) is 47.3 Å². The SMILES string of the molecule is O=C(c1ccc2occc2c1)N1C2CCC(c3cc(C(F)F)nc4ncnn34)C1CC2.